The topological polar surface area (TPSA) is 86.7 Å². The van der Waals surface area contributed by atoms with Crippen LogP contribution in [0.25, 0.3) is 0 Å². The Balaban J connectivity index is 1.82. The van der Waals surface area contributed by atoms with Gasteiger partial charge in [0.1, 0.15) is 0 Å². The minimum atomic E-state index is -3.01. The summed E-state index contributed by atoms with van der Waals surface area (Å²) >= 11 is 0. The van der Waals surface area contributed by atoms with E-state index in [-0.39, 0.29) is 24.0 Å². The number of hydrogen-bond donors (Lipinski definition) is 2. The monoisotopic (exact) mass is 304 g/mol. The van der Waals surface area contributed by atoms with Crippen molar-refractivity contribution < 1.29 is 18.3 Å². The lowest BCUT2D eigenvalue weighted by Crippen LogP contribution is -2.52. The third kappa shape index (κ3) is 4.17. The minimum absolute atomic E-state index is 0.0282. The Bertz CT molecular complexity index is 479. The van der Waals surface area contributed by atoms with Gasteiger partial charge in [0, 0.05) is 13.1 Å². The molecule has 0 spiro atoms. The van der Waals surface area contributed by atoms with Gasteiger partial charge in [0.25, 0.3) is 0 Å². The van der Waals surface area contributed by atoms with Crippen molar-refractivity contribution in [2.24, 2.45) is 0 Å². The normalized spacial score (nSPS) is 33.0. The Hall–Kier alpha value is -0.660. The minimum Gasteiger partial charge on any atom is -0.390 e. The summed E-state index contributed by atoms with van der Waals surface area (Å²) in [5.74, 6) is 0.0442. The van der Waals surface area contributed by atoms with E-state index < -0.39 is 21.0 Å². The van der Waals surface area contributed by atoms with Gasteiger partial charge < -0.3 is 10.4 Å². The average molecular weight is 304 g/mol. The molecule has 1 amide bonds. The number of sulfone groups is 1. The van der Waals surface area contributed by atoms with E-state index in [4.69, 9.17) is 0 Å². The van der Waals surface area contributed by atoms with Crippen molar-refractivity contribution in [1.82, 2.24) is 10.2 Å². The zero-order valence-electron chi connectivity index (χ0n) is 12.2. The molecular weight excluding hydrogens is 280 g/mol. The van der Waals surface area contributed by atoms with Gasteiger partial charge in [-0.1, -0.05) is 0 Å². The molecule has 2 aliphatic heterocycles. The highest BCUT2D eigenvalue weighted by Gasteiger charge is 2.39. The third-order valence-corrected chi connectivity index (χ3v) is 6.15. The first-order chi connectivity index (χ1) is 9.09. The van der Waals surface area contributed by atoms with Crippen LogP contribution in [0.4, 0.5) is 0 Å². The van der Waals surface area contributed by atoms with Crippen LogP contribution in [-0.2, 0) is 14.6 Å². The second-order valence-electron chi connectivity index (χ2n) is 6.72. The summed E-state index contributed by atoms with van der Waals surface area (Å²) in [6.45, 7) is 5.25. The molecule has 1 unspecified atom stereocenters. The van der Waals surface area contributed by atoms with Gasteiger partial charge in [-0.25, -0.2) is 8.42 Å². The van der Waals surface area contributed by atoms with Crippen molar-refractivity contribution in [3.8, 4) is 0 Å². The second-order valence-corrected chi connectivity index (χ2v) is 8.91. The summed E-state index contributed by atoms with van der Waals surface area (Å²) in [7, 11) is -3.01. The predicted molar refractivity (Wildman–Crippen MR) is 76.1 cm³/mol. The first-order valence-corrected chi connectivity index (χ1v) is 8.88. The molecule has 0 radical (unpaired) electrons. The van der Waals surface area contributed by atoms with Gasteiger partial charge in [0.05, 0.1) is 29.2 Å². The average Bonchev–Trinajstić information content (AvgIpc) is 2.56. The van der Waals surface area contributed by atoms with E-state index in [1.54, 1.807) is 6.92 Å². The molecule has 0 aliphatic carbocycles. The Morgan fingerprint density at radius 2 is 1.85 bits per heavy atom. The Morgan fingerprint density at radius 3 is 2.35 bits per heavy atom. The van der Waals surface area contributed by atoms with Crippen molar-refractivity contribution in [2.45, 2.75) is 44.2 Å². The maximum Gasteiger partial charge on any atom is 0.234 e. The van der Waals surface area contributed by atoms with E-state index in [1.165, 1.54) is 0 Å². The molecule has 0 bridgehead atoms. The van der Waals surface area contributed by atoms with Crippen molar-refractivity contribution in [3.63, 3.8) is 0 Å². The van der Waals surface area contributed by atoms with Crippen molar-refractivity contribution in [2.75, 3.05) is 31.1 Å². The van der Waals surface area contributed by atoms with Crippen LogP contribution in [0.2, 0.25) is 0 Å². The SMILES string of the molecule is CC1(O)CCN(CC(=O)NC2(C)CCS(=O)(=O)C2)CC1. The number of hydrogen-bond acceptors (Lipinski definition) is 5. The molecule has 2 fully saturated rings. The maximum atomic E-state index is 12.0. The Kier molecular flexibility index (Phi) is 4.15. The number of carbonyl (C=O) groups excluding carboxylic acids is 1. The van der Waals surface area contributed by atoms with Gasteiger partial charge in [-0.15, -0.1) is 0 Å². The quantitative estimate of drug-likeness (QED) is 0.736. The highest BCUT2D eigenvalue weighted by molar-refractivity contribution is 7.91. The maximum absolute atomic E-state index is 12.0. The number of nitrogens with zero attached hydrogens (tertiary/aromatic N) is 1. The fourth-order valence-electron chi connectivity index (χ4n) is 2.88. The van der Waals surface area contributed by atoms with Gasteiger partial charge in [0.15, 0.2) is 9.84 Å². The summed E-state index contributed by atoms with van der Waals surface area (Å²) in [5.41, 5.74) is -1.25. The van der Waals surface area contributed by atoms with Crippen molar-refractivity contribution in [3.05, 3.63) is 0 Å². The van der Waals surface area contributed by atoms with E-state index in [0.29, 0.717) is 32.4 Å². The molecular formula is C13H24N2O4S. The number of aliphatic hydroxyl groups is 1. The van der Waals surface area contributed by atoms with Crippen LogP contribution in [-0.4, -0.2) is 66.6 Å². The van der Waals surface area contributed by atoms with Crippen LogP contribution in [0.1, 0.15) is 33.1 Å². The molecule has 20 heavy (non-hydrogen) atoms. The van der Waals surface area contributed by atoms with Crippen molar-refractivity contribution in [1.29, 1.82) is 0 Å². The summed E-state index contributed by atoms with van der Waals surface area (Å²) in [4.78, 5) is 14.0. The molecule has 6 nitrogen and oxygen atoms in total. The number of rotatable bonds is 3. The molecule has 0 aromatic heterocycles. The summed E-state index contributed by atoms with van der Waals surface area (Å²) in [6, 6.07) is 0. The van der Waals surface area contributed by atoms with E-state index in [2.05, 4.69) is 5.32 Å². The zero-order chi connectivity index (χ0) is 15.0. The molecule has 2 saturated heterocycles. The zero-order valence-corrected chi connectivity index (χ0v) is 13.0. The van der Waals surface area contributed by atoms with E-state index >= 15 is 0 Å². The molecule has 7 heteroatoms. The summed E-state index contributed by atoms with van der Waals surface area (Å²) < 4.78 is 23.0. The van der Waals surface area contributed by atoms with Crippen LogP contribution in [0.3, 0.4) is 0 Å². The molecule has 0 saturated carbocycles. The smallest absolute Gasteiger partial charge is 0.234 e. The standard InChI is InChI=1S/C13H24N2O4S/c1-12(5-8-20(18,19)10-12)14-11(16)9-15-6-3-13(2,17)4-7-15/h17H,3-10H2,1-2H3,(H,14,16). The summed E-state index contributed by atoms with van der Waals surface area (Å²) in [5, 5.41) is 12.7. The largest absolute Gasteiger partial charge is 0.390 e. The number of amides is 1. The van der Waals surface area contributed by atoms with Crippen molar-refractivity contribution >= 4 is 15.7 Å². The lowest BCUT2D eigenvalue weighted by atomic mass is 9.94. The second kappa shape index (κ2) is 5.27. The van der Waals surface area contributed by atoms with Gasteiger partial charge in [-0.05, 0) is 33.1 Å². The van der Waals surface area contributed by atoms with Gasteiger partial charge in [-0.3, -0.25) is 9.69 Å². The molecule has 2 N–H and O–H groups in total. The molecule has 0 aromatic carbocycles. The molecule has 2 rings (SSSR count). The molecule has 1 atom stereocenters. The number of likely N-dealkylation sites (tertiary alicyclic amines) is 1. The Labute approximate surface area is 120 Å². The van der Waals surface area contributed by atoms with E-state index in [0.717, 1.165) is 0 Å². The first kappa shape index (κ1) is 15.7. The number of piperidine rings is 1. The van der Waals surface area contributed by atoms with Crippen LogP contribution < -0.4 is 5.32 Å². The van der Waals surface area contributed by atoms with Gasteiger partial charge >= 0.3 is 0 Å². The Morgan fingerprint density at radius 1 is 1.25 bits per heavy atom. The molecule has 0 aromatic rings. The van der Waals surface area contributed by atoms with Gasteiger partial charge in [-0.2, -0.15) is 0 Å². The first-order valence-electron chi connectivity index (χ1n) is 7.05. The van der Waals surface area contributed by atoms with Gasteiger partial charge in [0.2, 0.25) is 5.91 Å². The fraction of sp³-hybridized carbons (Fsp3) is 0.923. The molecule has 2 heterocycles. The van der Waals surface area contributed by atoms with Crippen LogP contribution in [0.5, 0.6) is 0 Å². The number of carbonyl (C=O) groups is 1. The lowest BCUT2D eigenvalue weighted by molar-refractivity contribution is -0.124. The third-order valence-electron chi connectivity index (χ3n) is 4.24. The van der Waals surface area contributed by atoms with E-state index in [9.17, 15) is 18.3 Å². The number of nitrogens with one attached hydrogen (secondary N) is 1. The lowest BCUT2D eigenvalue weighted by Gasteiger charge is -2.36. The predicted octanol–water partition coefficient (Wildman–Crippen LogP) is -0.473. The van der Waals surface area contributed by atoms with Crippen LogP contribution in [0.15, 0.2) is 0 Å². The summed E-state index contributed by atoms with van der Waals surface area (Å²) in [6.07, 6.45) is 1.80. The fourth-order valence-corrected chi connectivity index (χ4v) is 4.97. The molecule has 116 valence electrons. The highest BCUT2D eigenvalue weighted by atomic mass is 32.2. The van der Waals surface area contributed by atoms with E-state index in [1.807, 2.05) is 11.8 Å². The van der Waals surface area contributed by atoms with Crippen LogP contribution in [0, 0.1) is 0 Å². The highest BCUT2D eigenvalue weighted by Crippen LogP contribution is 2.23. The molecule has 2 aliphatic rings. The van der Waals surface area contributed by atoms with Crippen LogP contribution >= 0.6 is 0 Å².